The molecule has 2 unspecified atom stereocenters. The Labute approximate surface area is 131 Å². The standard InChI is InChI=1S/C14H20N2O4P2/c17-21(18)11-9-15-5-1-13(2-6-15)14-3-7-16(8-4-14)10-12-22(19)20/h1-8,17,19,21-22H,9-12H2/q+2. The minimum absolute atomic E-state index is 0.286. The Morgan fingerprint density at radius 1 is 0.727 bits per heavy atom. The molecule has 0 aliphatic carbocycles. The Kier molecular flexibility index (Phi) is 6.77. The van der Waals surface area contributed by atoms with Gasteiger partial charge in [0, 0.05) is 24.3 Å². The summed E-state index contributed by atoms with van der Waals surface area (Å²) in [5.74, 6) is 0. The summed E-state index contributed by atoms with van der Waals surface area (Å²) in [6.45, 7) is 1.06. The number of aromatic nitrogens is 2. The second-order valence-corrected chi connectivity index (χ2v) is 7.51. The molecule has 8 heteroatoms. The van der Waals surface area contributed by atoms with Crippen molar-refractivity contribution in [2.45, 2.75) is 13.1 Å². The third-order valence-electron chi connectivity index (χ3n) is 3.28. The highest BCUT2D eigenvalue weighted by Crippen LogP contribution is 2.18. The normalized spacial score (nSPS) is 13.8. The minimum Gasteiger partial charge on any atom is -0.658 e. The van der Waals surface area contributed by atoms with Crippen molar-refractivity contribution in [1.82, 2.24) is 0 Å². The van der Waals surface area contributed by atoms with Crippen LogP contribution in [0, 0.1) is 0 Å². The predicted octanol–water partition coefficient (Wildman–Crippen LogP) is -1.28. The van der Waals surface area contributed by atoms with Gasteiger partial charge >= 0.3 is 0 Å². The zero-order chi connectivity index (χ0) is 15.9. The zero-order valence-corrected chi connectivity index (χ0v) is 14.1. The van der Waals surface area contributed by atoms with Gasteiger partial charge in [0.15, 0.2) is 37.9 Å². The van der Waals surface area contributed by atoms with Crippen LogP contribution in [0.4, 0.5) is 0 Å². The molecule has 2 heterocycles. The van der Waals surface area contributed by atoms with Crippen LogP contribution < -0.4 is 18.9 Å². The SMILES string of the molecule is [O-][PH+](O)CC[n+]1ccc(-c2cc[n+](CC[PH+]([O-])O)cc2)cc1. The van der Waals surface area contributed by atoms with Gasteiger partial charge in [0.1, 0.15) is 12.3 Å². The molecule has 2 N–H and O–H groups in total. The quantitative estimate of drug-likeness (QED) is 0.484. The lowest BCUT2D eigenvalue weighted by Crippen LogP contribution is -2.35. The molecule has 0 spiro atoms. The van der Waals surface area contributed by atoms with Gasteiger partial charge in [-0.1, -0.05) is 0 Å². The fourth-order valence-corrected chi connectivity index (χ4v) is 2.95. The molecule has 2 aromatic rings. The Morgan fingerprint density at radius 2 is 1.05 bits per heavy atom. The van der Waals surface area contributed by atoms with Crippen molar-refractivity contribution < 1.29 is 28.7 Å². The van der Waals surface area contributed by atoms with Crippen molar-refractivity contribution in [2.24, 2.45) is 0 Å². The molecule has 6 nitrogen and oxygen atoms in total. The highest BCUT2D eigenvalue weighted by Gasteiger charge is 2.08. The summed E-state index contributed by atoms with van der Waals surface area (Å²) in [4.78, 5) is 39.1. The Morgan fingerprint density at radius 3 is 1.32 bits per heavy atom. The zero-order valence-electron chi connectivity index (χ0n) is 12.1. The molecule has 2 atom stereocenters. The lowest BCUT2D eigenvalue weighted by molar-refractivity contribution is -0.693. The summed E-state index contributed by atoms with van der Waals surface area (Å²) in [6.07, 6.45) is 8.12. The Bertz CT molecular complexity index is 523. The molecule has 2 aromatic heterocycles. The van der Waals surface area contributed by atoms with E-state index in [9.17, 15) is 9.79 Å². The van der Waals surface area contributed by atoms with Crippen LogP contribution in [-0.4, -0.2) is 22.1 Å². The van der Waals surface area contributed by atoms with Crippen LogP contribution in [0.1, 0.15) is 0 Å². The topological polar surface area (TPSA) is 94.3 Å². The predicted molar refractivity (Wildman–Crippen MR) is 83.1 cm³/mol. The maximum atomic E-state index is 10.7. The highest BCUT2D eigenvalue weighted by atomic mass is 31.2. The van der Waals surface area contributed by atoms with E-state index in [1.807, 2.05) is 58.2 Å². The molecule has 0 radical (unpaired) electrons. The third kappa shape index (κ3) is 5.65. The van der Waals surface area contributed by atoms with Crippen LogP contribution in [0.3, 0.4) is 0 Å². The monoisotopic (exact) mass is 342 g/mol. The van der Waals surface area contributed by atoms with Gasteiger partial charge < -0.3 is 9.79 Å². The van der Waals surface area contributed by atoms with Gasteiger partial charge in [0.25, 0.3) is 0 Å². The first kappa shape index (κ1) is 17.4. The molecule has 0 saturated heterocycles. The molecule has 22 heavy (non-hydrogen) atoms. The molecular weight excluding hydrogens is 322 g/mol. The summed E-state index contributed by atoms with van der Waals surface area (Å²) in [7, 11) is -4.84. The summed E-state index contributed by atoms with van der Waals surface area (Å²) in [5, 5.41) is 0. The number of hydrogen-bond acceptors (Lipinski definition) is 4. The lowest BCUT2D eigenvalue weighted by atomic mass is 10.1. The largest absolute Gasteiger partial charge is 0.658 e. The number of aryl methyl sites for hydroxylation is 2. The number of nitrogens with zero attached hydrogens (tertiary/aromatic N) is 2. The second-order valence-electron chi connectivity index (χ2n) is 4.94. The van der Waals surface area contributed by atoms with Crippen molar-refractivity contribution >= 4 is 16.8 Å². The van der Waals surface area contributed by atoms with Crippen LogP contribution in [0.5, 0.6) is 0 Å². The van der Waals surface area contributed by atoms with E-state index in [0.29, 0.717) is 13.1 Å². The number of rotatable bonds is 7. The molecule has 0 aromatic carbocycles. The molecular formula is C14H20N2O4P2+2. The van der Waals surface area contributed by atoms with E-state index >= 15 is 0 Å². The molecule has 118 valence electrons. The molecule has 0 amide bonds. The van der Waals surface area contributed by atoms with Crippen LogP contribution in [-0.2, 0) is 13.1 Å². The summed E-state index contributed by atoms with van der Waals surface area (Å²) >= 11 is 0. The van der Waals surface area contributed by atoms with Crippen LogP contribution in [0.2, 0.25) is 0 Å². The Balaban J connectivity index is 1.99. The van der Waals surface area contributed by atoms with Crippen molar-refractivity contribution in [3.63, 3.8) is 0 Å². The first-order valence-electron chi connectivity index (χ1n) is 6.97. The Hall–Kier alpha value is -1.00. The third-order valence-corrected chi connectivity index (χ3v) is 4.59. The van der Waals surface area contributed by atoms with E-state index in [1.54, 1.807) is 0 Å². The van der Waals surface area contributed by atoms with E-state index in [1.165, 1.54) is 0 Å². The van der Waals surface area contributed by atoms with E-state index in [-0.39, 0.29) is 12.3 Å². The molecule has 0 aliphatic rings. The average Bonchev–Trinajstić information content (AvgIpc) is 2.52. The summed E-state index contributed by atoms with van der Waals surface area (Å²) < 4.78 is 3.76. The van der Waals surface area contributed by atoms with Crippen molar-refractivity contribution in [2.75, 3.05) is 12.3 Å². The van der Waals surface area contributed by atoms with Crippen molar-refractivity contribution in [1.29, 1.82) is 0 Å². The van der Waals surface area contributed by atoms with Gasteiger partial charge in [-0.05, 0) is 11.1 Å². The van der Waals surface area contributed by atoms with Gasteiger partial charge in [0.05, 0.1) is 16.8 Å². The summed E-state index contributed by atoms with van der Waals surface area (Å²) in [5.41, 5.74) is 2.10. The first-order valence-corrected chi connectivity index (χ1v) is 10.1. The number of hydrogen-bond donors (Lipinski definition) is 2. The molecule has 0 aliphatic heterocycles. The van der Waals surface area contributed by atoms with Gasteiger partial charge in [-0.15, -0.1) is 0 Å². The molecule has 0 saturated carbocycles. The highest BCUT2D eigenvalue weighted by molar-refractivity contribution is 7.43. The second kappa shape index (κ2) is 8.59. The number of pyridine rings is 2. The maximum Gasteiger partial charge on any atom is 0.183 e. The van der Waals surface area contributed by atoms with Gasteiger partial charge in [0.2, 0.25) is 0 Å². The fourth-order valence-electron chi connectivity index (χ4n) is 2.05. The molecule has 0 bridgehead atoms. The van der Waals surface area contributed by atoms with E-state index in [4.69, 9.17) is 9.79 Å². The van der Waals surface area contributed by atoms with E-state index < -0.39 is 16.8 Å². The van der Waals surface area contributed by atoms with Crippen LogP contribution >= 0.6 is 16.8 Å². The van der Waals surface area contributed by atoms with Gasteiger partial charge in [-0.3, -0.25) is 9.79 Å². The van der Waals surface area contributed by atoms with Crippen molar-refractivity contribution in [3.05, 3.63) is 49.1 Å². The van der Waals surface area contributed by atoms with Gasteiger partial charge in [-0.2, -0.15) is 0 Å². The molecule has 0 fully saturated rings. The lowest BCUT2D eigenvalue weighted by Gasteiger charge is -2.04. The van der Waals surface area contributed by atoms with Gasteiger partial charge in [-0.25, -0.2) is 9.13 Å². The first-order chi connectivity index (χ1) is 10.5. The van der Waals surface area contributed by atoms with E-state index in [0.717, 1.165) is 11.1 Å². The average molecular weight is 342 g/mol. The summed E-state index contributed by atoms with van der Waals surface area (Å²) in [6, 6.07) is 7.84. The smallest absolute Gasteiger partial charge is 0.183 e. The maximum absolute atomic E-state index is 10.7. The van der Waals surface area contributed by atoms with Crippen LogP contribution in [0.25, 0.3) is 11.1 Å². The fraction of sp³-hybridized carbons (Fsp3) is 0.286. The van der Waals surface area contributed by atoms with Crippen LogP contribution in [0.15, 0.2) is 49.1 Å². The van der Waals surface area contributed by atoms with E-state index in [2.05, 4.69) is 0 Å². The minimum atomic E-state index is -2.42. The molecule has 2 rings (SSSR count). The van der Waals surface area contributed by atoms with Crippen molar-refractivity contribution in [3.8, 4) is 11.1 Å².